The van der Waals surface area contributed by atoms with E-state index in [1.165, 1.54) is 22.3 Å². The molecule has 2 aromatic rings. The Balaban J connectivity index is 1.90. The molecule has 2 aromatic carbocycles. The Kier molecular flexibility index (Phi) is 6.50. The van der Waals surface area contributed by atoms with Gasteiger partial charge in [-0.1, -0.05) is 6.07 Å². The second-order valence-electron chi connectivity index (χ2n) is 5.97. The van der Waals surface area contributed by atoms with Gasteiger partial charge in [0.15, 0.2) is 11.5 Å². The summed E-state index contributed by atoms with van der Waals surface area (Å²) in [4.78, 5) is 0. The lowest BCUT2D eigenvalue weighted by Crippen LogP contribution is -2.83. The molecule has 0 saturated carbocycles. The maximum absolute atomic E-state index is 5.37. The molecule has 4 nitrogen and oxygen atoms in total. The van der Waals surface area contributed by atoms with Gasteiger partial charge < -0.3 is 19.5 Å². The van der Waals surface area contributed by atoms with Crippen molar-refractivity contribution in [2.24, 2.45) is 0 Å². The molecule has 0 aliphatic carbocycles. The summed E-state index contributed by atoms with van der Waals surface area (Å²) >= 11 is 0. The Morgan fingerprint density at radius 1 is 0.792 bits per heavy atom. The van der Waals surface area contributed by atoms with Gasteiger partial charge in [-0.25, -0.2) is 0 Å². The smallest absolute Gasteiger partial charge is 0.160 e. The molecule has 0 amide bonds. The summed E-state index contributed by atoms with van der Waals surface area (Å²) in [6.45, 7) is 6.23. The van der Waals surface area contributed by atoms with E-state index >= 15 is 0 Å². The van der Waals surface area contributed by atoms with Crippen molar-refractivity contribution in [2.45, 2.75) is 26.8 Å². The van der Waals surface area contributed by atoms with E-state index in [2.05, 4.69) is 43.4 Å². The van der Waals surface area contributed by atoms with Crippen molar-refractivity contribution in [3.8, 4) is 17.2 Å². The number of nitrogens with two attached hydrogens (primary N) is 1. The van der Waals surface area contributed by atoms with Gasteiger partial charge in [-0.15, -0.1) is 0 Å². The first-order valence-electron chi connectivity index (χ1n) is 8.25. The molecule has 0 fully saturated rings. The van der Waals surface area contributed by atoms with Crippen LogP contribution in [0.2, 0.25) is 0 Å². The molecular formula is C20H28NO3+. The van der Waals surface area contributed by atoms with Crippen molar-refractivity contribution in [2.75, 3.05) is 27.9 Å². The summed E-state index contributed by atoms with van der Waals surface area (Å²) in [6.07, 6.45) is 0.995. The lowest BCUT2D eigenvalue weighted by molar-refractivity contribution is -0.670. The summed E-state index contributed by atoms with van der Waals surface area (Å²) < 4.78 is 16.0. The molecule has 0 saturated heterocycles. The highest BCUT2D eigenvalue weighted by molar-refractivity contribution is 5.43. The summed E-state index contributed by atoms with van der Waals surface area (Å²) in [7, 11) is 5.05. The second kappa shape index (κ2) is 8.60. The van der Waals surface area contributed by atoms with Gasteiger partial charge in [0.2, 0.25) is 0 Å². The molecule has 0 aliphatic heterocycles. The topological polar surface area (TPSA) is 44.3 Å². The summed E-state index contributed by atoms with van der Waals surface area (Å²) in [5, 5.41) is 2.34. The van der Waals surface area contributed by atoms with Crippen molar-refractivity contribution in [3.05, 3.63) is 52.6 Å². The third kappa shape index (κ3) is 4.42. The molecule has 0 aliphatic rings. The highest BCUT2D eigenvalue weighted by atomic mass is 16.5. The number of methoxy groups -OCH3 is 3. The number of quaternary nitrogens is 1. The molecule has 0 bridgehead atoms. The molecule has 2 N–H and O–H groups in total. The fourth-order valence-electron chi connectivity index (χ4n) is 2.85. The SMILES string of the molecule is COc1cc(C)c(C[NH2+]CCc2ccc(OC)c(OC)c2)cc1C. The lowest BCUT2D eigenvalue weighted by atomic mass is 10.0. The zero-order valence-corrected chi connectivity index (χ0v) is 15.3. The van der Waals surface area contributed by atoms with E-state index < -0.39 is 0 Å². The van der Waals surface area contributed by atoms with Crippen LogP contribution in [0, 0.1) is 13.8 Å². The van der Waals surface area contributed by atoms with E-state index in [4.69, 9.17) is 14.2 Å². The van der Waals surface area contributed by atoms with Gasteiger partial charge >= 0.3 is 0 Å². The molecule has 0 spiro atoms. The molecule has 0 aromatic heterocycles. The van der Waals surface area contributed by atoms with Crippen LogP contribution in [-0.2, 0) is 13.0 Å². The summed E-state index contributed by atoms with van der Waals surface area (Å²) in [6, 6.07) is 10.5. The highest BCUT2D eigenvalue weighted by Crippen LogP contribution is 2.27. The normalized spacial score (nSPS) is 10.5. The lowest BCUT2D eigenvalue weighted by Gasteiger charge is -2.11. The molecule has 24 heavy (non-hydrogen) atoms. The van der Waals surface area contributed by atoms with E-state index in [0.717, 1.165) is 36.8 Å². The maximum atomic E-state index is 5.37. The van der Waals surface area contributed by atoms with Crippen molar-refractivity contribution in [3.63, 3.8) is 0 Å². The largest absolute Gasteiger partial charge is 0.496 e. The van der Waals surface area contributed by atoms with Crippen LogP contribution in [0.5, 0.6) is 17.2 Å². The summed E-state index contributed by atoms with van der Waals surface area (Å²) in [5.74, 6) is 2.52. The molecule has 0 unspecified atom stereocenters. The number of ether oxygens (including phenoxy) is 3. The van der Waals surface area contributed by atoms with Crippen molar-refractivity contribution in [1.82, 2.24) is 0 Å². The number of aryl methyl sites for hydroxylation is 2. The minimum absolute atomic E-state index is 0.773. The predicted octanol–water partition coefficient (Wildman–Crippen LogP) is 2.64. The third-order valence-electron chi connectivity index (χ3n) is 4.30. The molecular weight excluding hydrogens is 302 g/mol. The number of benzene rings is 2. The molecule has 0 radical (unpaired) electrons. The summed E-state index contributed by atoms with van der Waals surface area (Å²) in [5.41, 5.74) is 5.08. The van der Waals surface area contributed by atoms with Gasteiger partial charge in [0.25, 0.3) is 0 Å². The van der Waals surface area contributed by atoms with E-state index in [9.17, 15) is 0 Å². The van der Waals surface area contributed by atoms with Crippen LogP contribution in [0.1, 0.15) is 22.3 Å². The first-order valence-corrected chi connectivity index (χ1v) is 8.25. The Hall–Kier alpha value is -2.20. The van der Waals surface area contributed by atoms with Crippen LogP contribution in [0.25, 0.3) is 0 Å². The van der Waals surface area contributed by atoms with Crippen molar-refractivity contribution >= 4 is 0 Å². The highest BCUT2D eigenvalue weighted by Gasteiger charge is 2.07. The van der Waals surface area contributed by atoms with Crippen LogP contribution < -0.4 is 19.5 Å². The van der Waals surface area contributed by atoms with E-state index in [1.807, 2.05) is 6.07 Å². The van der Waals surface area contributed by atoms with E-state index in [1.54, 1.807) is 21.3 Å². The molecule has 4 heteroatoms. The molecule has 0 heterocycles. The minimum atomic E-state index is 0.773. The fraction of sp³-hybridized carbons (Fsp3) is 0.400. The minimum Gasteiger partial charge on any atom is -0.496 e. The monoisotopic (exact) mass is 330 g/mol. The standard InChI is InChI=1S/C20H27NO3/c1-14-11-19(23-4)15(2)10-17(14)13-21-9-8-16-6-7-18(22-3)20(12-16)24-5/h6-7,10-12,21H,8-9,13H2,1-5H3/p+1. The van der Waals surface area contributed by atoms with Gasteiger partial charge in [-0.3, -0.25) is 0 Å². The maximum Gasteiger partial charge on any atom is 0.160 e. The first kappa shape index (κ1) is 18.1. The van der Waals surface area contributed by atoms with Gasteiger partial charge in [-0.2, -0.15) is 0 Å². The number of hydrogen-bond acceptors (Lipinski definition) is 3. The zero-order chi connectivity index (χ0) is 17.5. The van der Waals surface area contributed by atoms with Crippen LogP contribution >= 0.6 is 0 Å². The van der Waals surface area contributed by atoms with Gasteiger partial charge in [-0.05, 0) is 54.8 Å². The second-order valence-corrected chi connectivity index (χ2v) is 5.97. The Bertz CT molecular complexity index is 683. The third-order valence-corrected chi connectivity index (χ3v) is 4.30. The molecule has 2 rings (SSSR count). The van der Waals surface area contributed by atoms with Crippen LogP contribution in [-0.4, -0.2) is 27.9 Å². The van der Waals surface area contributed by atoms with Crippen LogP contribution in [0.3, 0.4) is 0 Å². The Labute approximate surface area is 144 Å². The number of rotatable bonds is 8. The zero-order valence-electron chi connectivity index (χ0n) is 15.3. The van der Waals surface area contributed by atoms with Gasteiger partial charge in [0, 0.05) is 12.0 Å². The van der Waals surface area contributed by atoms with Crippen molar-refractivity contribution in [1.29, 1.82) is 0 Å². The average Bonchev–Trinajstić information content (AvgIpc) is 2.60. The Morgan fingerprint density at radius 2 is 1.50 bits per heavy atom. The van der Waals surface area contributed by atoms with E-state index in [-0.39, 0.29) is 0 Å². The van der Waals surface area contributed by atoms with Crippen LogP contribution in [0.15, 0.2) is 30.3 Å². The van der Waals surface area contributed by atoms with E-state index in [0.29, 0.717) is 0 Å². The van der Waals surface area contributed by atoms with Gasteiger partial charge in [0.1, 0.15) is 12.3 Å². The Morgan fingerprint density at radius 3 is 2.17 bits per heavy atom. The predicted molar refractivity (Wildman–Crippen MR) is 96.2 cm³/mol. The first-order chi connectivity index (χ1) is 11.6. The molecule has 0 atom stereocenters. The number of hydrogen-bond donors (Lipinski definition) is 1. The fourth-order valence-corrected chi connectivity index (χ4v) is 2.85. The average molecular weight is 330 g/mol. The molecule has 130 valence electrons. The van der Waals surface area contributed by atoms with Gasteiger partial charge in [0.05, 0.1) is 27.9 Å². The quantitative estimate of drug-likeness (QED) is 0.757. The van der Waals surface area contributed by atoms with Crippen molar-refractivity contribution < 1.29 is 19.5 Å². The van der Waals surface area contributed by atoms with Crippen LogP contribution in [0.4, 0.5) is 0 Å².